The van der Waals surface area contributed by atoms with Crippen LogP contribution in [0.2, 0.25) is 0 Å². The van der Waals surface area contributed by atoms with E-state index in [1.54, 1.807) is 0 Å². The molecule has 0 aliphatic carbocycles. The van der Waals surface area contributed by atoms with E-state index in [-0.39, 0.29) is 11.8 Å². The minimum atomic E-state index is -0.113. The van der Waals surface area contributed by atoms with Gasteiger partial charge in [0.1, 0.15) is 23.9 Å². The molecule has 110 valence electrons. The third-order valence-electron chi connectivity index (χ3n) is 3.72. The number of carbonyl (C=O) groups excluding carboxylic acids is 1. The standard InChI is InChI=1S/C17H19NO3/c1-12-6-7-15(21-12)8-9-18-17(19)14-10-13-4-2-3-5-16(13)20-11-14/h2-7,14H,8-11H2,1H3,(H,18,19). The fourth-order valence-corrected chi connectivity index (χ4v) is 2.57. The van der Waals surface area contributed by atoms with Gasteiger partial charge in [-0.05, 0) is 37.1 Å². The number of ether oxygens (including phenoxy) is 1. The average Bonchev–Trinajstić information content (AvgIpc) is 2.92. The van der Waals surface area contributed by atoms with E-state index >= 15 is 0 Å². The summed E-state index contributed by atoms with van der Waals surface area (Å²) in [5, 5.41) is 2.96. The first-order valence-electron chi connectivity index (χ1n) is 7.26. The zero-order chi connectivity index (χ0) is 14.7. The van der Waals surface area contributed by atoms with Crippen molar-refractivity contribution < 1.29 is 13.9 Å². The first-order valence-corrected chi connectivity index (χ1v) is 7.26. The van der Waals surface area contributed by atoms with Gasteiger partial charge < -0.3 is 14.5 Å². The van der Waals surface area contributed by atoms with E-state index in [4.69, 9.17) is 9.15 Å². The van der Waals surface area contributed by atoms with Gasteiger partial charge in [0.05, 0.1) is 5.92 Å². The number of amides is 1. The highest BCUT2D eigenvalue weighted by Gasteiger charge is 2.25. The maximum atomic E-state index is 12.2. The van der Waals surface area contributed by atoms with Gasteiger partial charge in [-0.1, -0.05) is 18.2 Å². The Labute approximate surface area is 124 Å². The number of nitrogens with one attached hydrogen (secondary N) is 1. The number of hydrogen-bond donors (Lipinski definition) is 1. The van der Waals surface area contributed by atoms with E-state index in [1.165, 1.54) is 0 Å². The summed E-state index contributed by atoms with van der Waals surface area (Å²) in [6.45, 7) is 2.95. The van der Waals surface area contributed by atoms with Gasteiger partial charge in [-0.3, -0.25) is 4.79 Å². The van der Waals surface area contributed by atoms with Crippen molar-refractivity contribution in [2.24, 2.45) is 5.92 Å². The molecule has 0 radical (unpaired) electrons. The second-order valence-electron chi connectivity index (χ2n) is 5.37. The number of aryl methyl sites for hydroxylation is 1. The second kappa shape index (κ2) is 6.04. The Bertz CT molecular complexity index is 632. The van der Waals surface area contributed by atoms with E-state index in [2.05, 4.69) is 5.32 Å². The largest absolute Gasteiger partial charge is 0.492 e. The van der Waals surface area contributed by atoms with E-state index in [0.29, 0.717) is 19.6 Å². The predicted molar refractivity (Wildman–Crippen MR) is 79.3 cm³/mol. The van der Waals surface area contributed by atoms with Crippen molar-refractivity contribution in [3.63, 3.8) is 0 Å². The van der Waals surface area contributed by atoms with Gasteiger partial charge in [0.2, 0.25) is 5.91 Å². The third-order valence-corrected chi connectivity index (χ3v) is 3.72. The van der Waals surface area contributed by atoms with Crippen LogP contribution in [-0.4, -0.2) is 19.1 Å². The molecule has 1 aliphatic heterocycles. The highest BCUT2D eigenvalue weighted by molar-refractivity contribution is 5.79. The van der Waals surface area contributed by atoms with E-state index in [1.807, 2.05) is 43.3 Å². The summed E-state index contributed by atoms with van der Waals surface area (Å²) in [6.07, 6.45) is 1.45. The molecule has 1 atom stereocenters. The van der Waals surface area contributed by atoms with Crippen molar-refractivity contribution in [3.05, 3.63) is 53.5 Å². The minimum Gasteiger partial charge on any atom is -0.492 e. The zero-order valence-corrected chi connectivity index (χ0v) is 12.1. The first kappa shape index (κ1) is 13.7. The number of rotatable bonds is 4. The molecule has 1 unspecified atom stereocenters. The molecule has 1 N–H and O–H groups in total. The molecule has 21 heavy (non-hydrogen) atoms. The lowest BCUT2D eigenvalue weighted by Gasteiger charge is -2.24. The van der Waals surface area contributed by atoms with E-state index in [0.717, 1.165) is 29.3 Å². The lowest BCUT2D eigenvalue weighted by atomic mass is 9.96. The Balaban J connectivity index is 1.50. The molecule has 0 saturated carbocycles. The Morgan fingerprint density at radius 1 is 1.29 bits per heavy atom. The van der Waals surface area contributed by atoms with Crippen LogP contribution in [0.25, 0.3) is 0 Å². The number of hydrogen-bond acceptors (Lipinski definition) is 3. The molecular formula is C17H19NO3. The molecule has 4 heteroatoms. The highest BCUT2D eigenvalue weighted by Crippen LogP contribution is 2.26. The molecule has 4 nitrogen and oxygen atoms in total. The molecule has 0 saturated heterocycles. The minimum absolute atomic E-state index is 0.0489. The van der Waals surface area contributed by atoms with Gasteiger partial charge in [-0.25, -0.2) is 0 Å². The van der Waals surface area contributed by atoms with Crippen LogP contribution in [-0.2, 0) is 17.6 Å². The molecule has 1 aliphatic rings. The Morgan fingerprint density at radius 3 is 2.95 bits per heavy atom. The quantitative estimate of drug-likeness (QED) is 0.939. The zero-order valence-electron chi connectivity index (χ0n) is 12.1. The van der Waals surface area contributed by atoms with Gasteiger partial charge in [0.15, 0.2) is 0 Å². The van der Waals surface area contributed by atoms with Crippen LogP contribution in [0, 0.1) is 12.8 Å². The molecule has 2 heterocycles. The van der Waals surface area contributed by atoms with Crippen LogP contribution in [0.3, 0.4) is 0 Å². The Kier molecular flexibility index (Phi) is 3.95. The van der Waals surface area contributed by atoms with Gasteiger partial charge >= 0.3 is 0 Å². The van der Waals surface area contributed by atoms with Crippen LogP contribution >= 0.6 is 0 Å². The Hall–Kier alpha value is -2.23. The predicted octanol–water partition coefficient (Wildman–Crippen LogP) is 2.50. The number of carbonyl (C=O) groups is 1. The number of benzene rings is 1. The van der Waals surface area contributed by atoms with Crippen LogP contribution < -0.4 is 10.1 Å². The van der Waals surface area contributed by atoms with Crippen molar-refractivity contribution in [2.75, 3.05) is 13.2 Å². The van der Waals surface area contributed by atoms with Crippen LogP contribution in [0.1, 0.15) is 17.1 Å². The van der Waals surface area contributed by atoms with Gasteiger partial charge in [0.25, 0.3) is 0 Å². The van der Waals surface area contributed by atoms with Crippen molar-refractivity contribution in [1.82, 2.24) is 5.32 Å². The van der Waals surface area contributed by atoms with Crippen molar-refractivity contribution in [2.45, 2.75) is 19.8 Å². The van der Waals surface area contributed by atoms with Crippen LogP contribution in [0.15, 0.2) is 40.8 Å². The summed E-state index contributed by atoms with van der Waals surface area (Å²) in [4.78, 5) is 12.2. The molecule has 1 aromatic carbocycles. The maximum absolute atomic E-state index is 12.2. The van der Waals surface area contributed by atoms with E-state index < -0.39 is 0 Å². The smallest absolute Gasteiger partial charge is 0.226 e. The number of para-hydroxylation sites is 1. The third kappa shape index (κ3) is 3.27. The summed E-state index contributed by atoms with van der Waals surface area (Å²) >= 11 is 0. The van der Waals surface area contributed by atoms with Gasteiger partial charge in [0, 0.05) is 13.0 Å². The van der Waals surface area contributed by atoms with Crippen molar-refractivity contribution in [1.29, 1.82) is 0 Å². The first-order chi connectivity index (χ1) is 10.2. The molecule has 0 bridgehead atoms. The monoisotopic (exact) mass is 285 g/mol. The van der Waals surface area contributed by atoms with Crippen LogP contribution in [0.4, 0.5) is 0 Å². The molecule has 0 fully saturated rings. The molecule has 2 aromatic rings. The molecule has 1 amide bonds. The molecular weight excluding hydrogens is 266 g/mol. The number of furan rings is 1. The average molecular weight is 285 g/mol. The van der Waals surface area contributed by atoms with Crippen LogP contribution in [0.5, 0.6) is 5.75 Å². The topological polar surface area (TPSA) is 51.5 Å². The molecule has 0 spiro atoms. The molecule has 1 aromatic heterocycles. The SMILES string of the molecule is Cc1ccc(CCNC(=O)C2COc3ccccc3C2)o1. The Morgan fingerprint density at radius 2 is 2.14 bits per heavy atom. The summed E-state index contributed by atoms with van der Waals surface area (Å²) in [7, 11) is 0. The maximum Gasteiger partial charge on any atom is 0.226 e. The van der Waals surface area contributed by atoms with E-state index in [9.17, 15) is 4.79 Å². The number of fused-ring (bicyclic) bond motifs is 1. The summed E-state index contributed by atoms with van der Waals surface area (Å²) < 4.78 is 11.1. The lowest BCUT2D eigenvalue weighted by Crippen LogP contribution is -2.38. The second-order valence-corrected chi connectivity index (χ2v) is 5.37. The molecule has 3 rings (SSSR count). The van der Waals surface area contributed by atoms with Crippen molar-refractivity contribution >= 4 is 5.91 Å². The summed E-state index contributed by atoms with van der Waals surface area (Å²) in [5.41, 5.74) is 1.10. The normalized spacial score (nSPS) is 16.9. The fourth-order valence-electron chi connectivity index (χ4n) is 2.57. The van der Waals surface area contributed by atoms with Crippen molar-refractivity contribution in [3.8, 4) is 5.75 Å². The summed E-state index contributed by atoms with van der Waals surface area (Å²) in [5.74, 6) is 2.63. The fraction of sp³-hybridized carbons (Fsp3) is 0.353. The highest BCUT2D eigenvalue weighted by atomic mass is 16.5. The lowest BCUT2D eigenvalue weighted by molar-refractivity contribution is -0.126. The van der Waals surface area contributed by atoms with Gasteiger partial charge in [-0.15, -0.1) is 0 Å². The van der Waals surface area contributed by atoms with Gasteiger partial charge in [-0.2, -0.15) is 0 Å². The summed E-state index contributed by atoms with van der Waals surface area (Å²) in [6, 6.07) is 11.8.